The molecule has 3 aromatic carbocycles. The minimum atomic E-state index is -0.248. The van der Waals surface area contributed by atoms with Crippen molar-refractivity contribution in [1.82, 2.24) is 10.2 Å². The van der Waals surface area contributed by atoms with Crippen LogP contribution in [0.5, 0.6) is 0 Å². The molecule has 1 aliphatic carbocycles. The molecule has 2 aliphatic rings. The van der Waals surface area contributed by atoms with E-state index in [4.69, 9.17) is 0 Å². The van der Waals surface area contributed by atoms with Crippen LogP contribution in [0.15, 0.2) is 66.7 Å². The summed E-state index contributed by atoms with van der Waals surface area (Å²) in [6.45, 7) is 3.49. The Labute approximate surface area is 202 Å². The van der Waals surface area contributed by atoms with Gasteiger partial charge in [0.2, 0.25) is 0 Å². The number of amides is 1. The first-order chi connectivity index (χ1) is 16.6. The van der Waals surface area contributed by atoms with Gasteiger partial charge in [-0.3, -0.25) is 9.69 Å². The minimum absolute atomic E-state index is 0.0307. The van der Waals surface area contributed by atoms with Crippen molar-refractivity contribution in [2.45, 2.75) is 57.5 Å². The molecule has 0 spiro atoms. The molecule has 1 fully saturated rings. The van der Waals surface area contributed by atoms with Gasteiger partial charge in [0.1, 0.15) is 5.82 Å². The zero-order valence-electron chi connectivity index (χ0n) is 19.7. The van der Waals surface area contributed by atoms with E-state index in [1.165, 1.54) is 67.6 Å². The van der Waals surface area contributed by atoms with Crippen molar-refractivity contribution < 1.29 is 9.18 Å². The van der Waals surface area contributed by atoms with Gasteiger partial charge in [0.15, 0.2) is 0 Å². The molecule has 0 aromatic heterocycles. The highest BCUT2D eigenvalue weighted by Crippen LogP contribution is 2.25. The van der Waals surface area contributed by atoms with Crippen LogP contribution in [-0.4, -0.2) is 29.9 Å². The number of carbonyl (C=O) groups is 1. The smallest absolute Gasteiger partial charge is 0.251 e. The van der Waals surface area contributed by atoms with Crippen LogP contribution in [0, 0.1) is 5.82 Å². The molecule has 0 bridgehead atoms. The van der Waals surface area contributed by atoms with E-state index in [0.29, 0.717) is 5.56 Å². The number of carbonyl (C=O) groups excluding carboxylic acids is 1. The molecule has 4 heteroatoms. The Kier molecular flexibility index (Phi) is 7.05. The van der Waals surface area contributed by atoms with Gasteiger partial charge in [-0.25, -0.2) is 4.39 Å². The number of aryl methyl sites for hydroxylation is 1. The summed E-state index contributed by atoms with van der Waals surface area (Å²) < 4.78 is 13.2. The average molecular weight is 457 g/mol. The highest BCUT2D eigenvalue weighted by molar-refractivity contribution is 5.94. The van der Waals surface area contributed by atoms with Gasteiger partial charge < -0.3 is 5.32 Å². The second-order valence-corrected chi connectivity index (χ2v) is 9.79. The fourth-order valence-corrected chi connectivity index (χ4v) is 5.31. The fraction of sp³-hybridized carbons (Fsp3) is 0.367. The largest absolute Gasteiger partial charge is 0.349 e. The molecule has 1 saturated heterocycles. The van der Waals surface area contributed by atoms with Crippen LogP contribution >= 0.6 is 0 Å². The maximum atomic E-state index is 13.2. The van der Waals surface area contributed by atoms with Crippen molar-refractivity contribution in [2.24, 2.45) is 0 Å². The monoisotopic (exact) mass is 456 g/mol. The van der Waals surface area contributed by atoms with Gasteiger partial charge in [-0.05, 0) is 97.3 Å². The highest BCUT2D eigenvalue weighted by Gasteiger charge is 2.21. The number of fused-ring (bicyclic) bond motifs is 1. The lowest BCUT2D eigenvalue weighted by molar-refractivity contribution is 0.0933. The Morgan fingerprint density at radius 2 is 1.53 bits per heavy atom. The second kappa shape index (κ2) is 10.5. The van der Waals surface area contributed by atoms with Crippen molar-refractivity contribution in [2.75, 3.05) is 13.1 Å². The first-order valence-corrected chi connectivity index (χ1v) is 12.6. The van der Waals surface area contributed by atoms with Gasteiger partial charge in [-0.15, -0.1) is 0 Å². The lowest BCUT2D eigenvalue weighted by atomic mass is 9.87. The maximum absolute atomic E-state index is 13.2. The van der Waals surface area contributed by atoms with Gasteiger partial charge in [0.05, 0.1) is 0 Å². The van der Waals surface area contributed by atoms with Crippen LogP contribution in [0.4, 0.5) is 4.39 Å². The molecular weight excluding hydrogens is 423 g/mol. The van der Waals surface area contributed by atoms with Crippen molar-refractivity contribution in [3.63, 3.8) is 0 Å². The number of hydrogen-bond acceptors (Lipinski definition) is 2. The van der Waals surface area contributed by atoms with Gasteiger partial charge in [-0.2, -0.15) is 0 Å². The van der Waals surface area contributed by atoms with Crippen LogP contribution in [0.1, 0.15) is 59.2 Å². The van der Waals surface area contributed by atoms with E-state index < -0.39 is 0 Å². The lowest BCUT2D eigenvalue weighted by Gasteiger charge is -2.27. The van der Waals surface area contributed by atoms with E-state index in [9.17, 15) is 9.18 Å². The molecular formula is C30H33FN2O. The van der Waals surface area contributed by atoms with Crippen molar-refractivity contribution >= 4 is 5.91 Å². The molecule has 0 radical (unpaired) electrons. The zero-order valence-corrected chi connectivity index (χ0v) is 19.7. The highest BCUT2D eigenvalue weighted by atomic mass is 19.1. The summed E-state index contributed by atoms with van der Waals surface area (Å²) in [5.74, 6) is -0.278. The summed E-state index contributed by atoms with van der Waals surface area (Å²) in [6.07, 6.45) is 8.25. The molecule has 34 heavy (non-hydrogen) atoms. The number of halogens is 1. The first-order valence-electron chi connectivity index (χ1n) is 12.6. The Morgan fingerprint density at radius 3 is 2.24 bits per heavy atom. The third-order valence-corrected chi connectivity index (χ3v) is 7.26. The van der Waals surface area contributed by atoms with Crippen molar-refractivity contribution in [3.05, 3.63) is 94.8 Å². The normalized spacial score (nSPS) is 18.7. The topological polar surface area (TPSA) is 32.3 Å². The summed E-state index contributed by atoms with van der Waals surface area (Å²) in [7, 11) is 0. The molecule has 3 nitrogen and oxygen atoms in total. The summed E-state index contributed by atoms with van der Waals surface area (Å²) in [5.41, 5.74) is 6.80. The van der Waals surface area contributed by atoms with Gasteiger partial charge in [0.25, 0.3) is 5.91 Å². The molecule has 176 valence electrons. The molecule has 1 atom stereocenters. The molecule has 1 N–H and O–H groups in total. The van der Waals surface area contributed by atoms with E-state index >= 15 is 0 Å². The minimum Gasteiger partial charge on any atom is -0.349 e. The molecule has 1 amide bonds. The first kappa shape index (κ1) is 22.8. The summed E-state index contributed by atoms with van der Waals surface area (Å²) in [4.78, 5) is 15.5. The van der Waals surface area contributed by atoms with Crippen LogP contribution in [0.3, 0.4) is 0 Å². The van der Waals surface area contributed by atoms with E-state index in [-0.39, 0.29) is 17.8 Å². The van der Waals surface area contributed by atoms with Gasteiger partial charge >= 0.3 is 0 Å². The zero-order chi connectivity index (χ0) is 23.3. The molecule has 1 heterocycles. The Bertz CT molecular complexity index is 1120. The number of nitrogens with zero attached hydrogens (tertiary/aromatic N) is 1. The van der Waals surface area contributed by atoms with Crippen LogP contribution < -0.4 is 5.32 Å². The Morgan fingerprint density at radius 1 is 0.853 bits per heavy atom. The third-order valence-electron chi connectivity index (χ3n) is 7.26. The summed E-state index contributed by atoms with van der Waals surface area (Å²) >= 11 is 0. The second-order valence-electron chi connectivity index (χ2n) is 9.79. The van der Waals surface area contributed by atoms with E-state index in [0.717, 1.165) is 36.9 Å². The fourth-order valence-electron chi connectivity index (χ4n) is 5.31. The number of rotatable bonds is 5. The van der Waals surface area contributed by atoms with Gasteiger partial charge in [0, 0.05) is 18.2 Å². The number of hydrogen-bond donors (Lipinski definition) is 1. The Hall–Kier alpha value is -2.98. The molecule has 1 unspecified atom stereocenters. The Balaban J connectivity index is 1.18. The van der Waals surface area contributed by atoms with Crippen LogP contribution in [0.2, 0.25) is 0 Å². The summed E-state index contributed by atoms with van der Waals surface area (Å²) in [5, 5.41) is 3.23. The quantitative estimate of drug-likeness (QED) is 0.499. The molecule has 5 rings (SSSR count). The SMILES string of the molecule is O=C(NC1CCc2cc(CN3CCCCCC3)ccc2C1)c1ccc(-c2ccc(F)cc2)cc1. The lowest BCUT2D eigenvalue weighted by Crippen LogP contribution is -2.38. The van der Waals surface area contributed by atoms with Crippen molar-refractivity contribution in [1.29, 1.82) is 0 Å². The number of nitrogens with one attached hydrogen (secondary N) is 1. The molecule has 3 aromatic rings. The van der Waals surface area contributed by atoms with Crippen LogP contribution in [0.25, 0.3) is 11.1 Å². The van der Waals surface area contributed by atoms with E-state index in [1.54, 1.807) is 12.1 Å². The predicted octanol–water partition coefficient (Wildman–Crippen LogP) is 6.16. The maximum Gasteiger partial charge on any atom is 0.251 e. The van der Waals surface area contributed by atoms with E-state index in [1.807, 2.05) is 24.3 Å². The third kappa shape index (κ3) is 5.56. The van der Waals surface area contributed by atoms with Crippen LogP contribution in [-0.2, 0) is 19.4 Å². The van der Waals surface area contributed by atoms with E-state index in [2.05, 4.69) is 28.4 Å². The number of likely N-dealkylation sites (tertiary alicyclic amines) is 1. The molecule has 1 aliphatic heterocycles. The molecule has 0 saturated carbocycles. The van der Waals surface area contributed by atoms with Crippen molar-refractivity contribution in [3.8, 4) is 11.1 Å². The predicted molar refractivity (Wildman–Crippen MR) is 135 cm³/mol. The average Bonchev–Trinajstić information content (AvgIpc) is 3.13. The number of benzene rings is 3. The summed E-state index contributed by atoms with van der Waals surface area (Å²) in [6, 6.07) is 21.1. The standard InChI is InChI=1S/C30H33FN2O/c31-28-14-11-24(12-15-28)23-7-9-25(10-8-23)30(34)32-29-16-13-26-19-22(5-6-27(26)20-29)21-33-17-3-1-2-4-18-33/h5-12,14-15,19,29H,1-4,13,16-18,20-21H2,(H,32,34). The van der Waals surface area contributed by atoms with Gasteiger partial charge in [-0.1, -0.05) is 55.3 Å².